The summed E-state index contributed by atoms with van der Waals surface area (Å²) in [5.74, 6) is 0.580. The molecule has 4 nitrogen and oxygen atoms in total. The molecule has 0 atom stereocenters. The molecule has 100 valence electrons. The normalized spacial score (nSPS) is 10.7. The molecule has 0 unspecified atom stereocenters. The van der Waals surface area contributed by atoms with Gasteiger partial charge in [0.25, 0.3) is 0 Å². The van der Waals surface area contributed by atoms with Gasteiger partial charge in [-0.05, 0) is 24.3 Å². The molecule has 2 aromatic heterocycles. The number of nitrogens with zero attached hydrogens (tertiary/aromatic N) is 2. The molecule has 3 aromatic rings. The first-order valence-electron chi connectivity index (χ1n) is 6.20. The molecule has 5 heteroatoms. The Hall–Kier alpha value is -2.27. The third-order valence-electron chi connectivity index (χ3n) is 2.76. The Morgan fingerprint density at radius 3 is 2.70 bits per heavy atom. The molecule has 0 aliphatic heterocycles. The van der Waals surface area contributed by atoms with Gasteiger partial charge in [0.15, 0.2) is 0 Å². The zero-order valence-corrected chi connectivity index (χ0v) is 11.7. The first-order chi connectivity index (χ1) is 9.72. The van der Waals surface area contributed by atoms with E-state index in [0.29, 0.717) is 5.82 Å². The highest BCUT2D eigenvalue weighted by Gasteiger charge is 2.06. The molecule has 0 saturated heterocycles. The number of imidazole rings is 1. The van der Waals surface area contributed by atoms with Crippen molar-refractivity contribution in [1.29, 1.82) is 0 Å². The highest BCUT2D eigenvalue weighted by atomic mass is 32.2. The van der Waals surface area contributed by atoms with Crippen molar-refractivity contribution < 1.29 is 4.79 Å². The van der Waals surface area contributed by atoms with Crippen LogP contribution in [-0.2, 0) is 4.79 Å². The maximum atomic E-state index is 11.2. The Kier molecular flexibility index (Phi) is 3.43. The second-order valence-electron chi connectivity index (χ2n) is 4.33. The van der Waals surface area contributed by atoms with Crippen molar-refractivity contribution in [3.05, 3.63) is 54.9 Å². The number of carbonyl (C=O) groups is 1. The van der Waals surface area contributed by atoms with Gasteiger partial charge in [-0.1, -0.05) is 30.0 Å². The zero-order chi connectivity index (χ0) is 13.9. The van der Waals surface area contributed by atoms with Gasteiger partial charge in [-0.25, -0.2) is 4.98 Å². The fraction of sp³-hybridized carbons (Fsp3) is 0.0667. The second kappa shape index (κ2) is 5.38. The van der Waals surface area contributed by atoms with Gasteiger partial charge in [0.2, 0.25) is 5.91 Å². The number of nitrogens with one attached hydrogen (secondary N) is 1. The summed E-state index contributed by atoms with van der Waals surface area (Å²) in [6, 6.07) is 14.1. The number of anilines is 1. The average Bonchev–Trinajstić information content (AvgIpc) is 2.82. The first-order valence-corrected chi connectivity index (χ1v) is 7.01. The van der Waals surface area contributed by atoms with Gasteiger partial charge in [-0.2, -0.15) is 0 Å². The Morgan fingerprint density at radius 2 is 1.95 bits per heavy atom. The van der Waals surface area contributed by atoms with E-state index >= 15 is 0 Å². The van der Waals surface area contributed by atoms with Gasteiger partial charge >= 0.3 is 0 Å². The number of benzene rings is 1. The van der Waals surface area contributed by atoms with Crippen LogP contribution in [0.2, 0.25) is 0 Å². The summed E-state index contributed by atoms with van der Waals surface area (Å²) in [4.78, 5) is 17.7. The van der Waals surface area contributed by atoms with Crippen LogP contribution in [0.25, 0.3) is 5.65 Å². The molecule has 0 radical (unpaired) electrons. The SMILES string of the molecule is CC(=O)Nc1cnc2ccc(Sc3ccccc3)cn12. The minimum absolute atomic E-state index is 0.104. The Balaban J connectivity index is 1.95. The van der Waals surface area contributed by atoms with Crippen molar-refractivity contribution in [2.24, 2.45) is 0 Å². The minimum atomic E-state index is -0.104. The van der Waals surface area contributed by atoms with E-state index in [1.54, 1.807) is 18.0 Å². The third-order valence-corrected chi connectivity index (χ3v) is 3.75. The number of pyridine rings is 1. The number of hydrogen-bond donors (Lipinski definition) is 1. The molecule has 1 amide bonds. The Bertz CT molecular complexity index is 752. The van der Waals surface area contributed by atoms with E-state index in [2.05, 4.69) is 22.4 Å². The predicted molar refractivity (Wildman–Crippen MR) is 80.1 cm³/mol. The summed E-state index contributed by atoms with van der Waals surface area (Å²) in [5, 5.41) is 2.77. The maximum Gasteiger partial charge on any atom is 0.222 e. The van der Waals surface area contributed by atoms with Gasteiger partial charge < -0.3 is 5.32 Å². The van der Waals surface area contributed by atoms with E-state index in [0.717, 1.165) is 10.5 Å². The van der Waals surface area contributed by atoms with E-state index in [9.17, 15) is 4.79 Å². The van der Waals surface area contributed by atoms with Gasteiger partial charge in [0.1, 0.15) is 11.5 Å². The average molecular weight is 283 g/mol. The summed E-state index contributed by atoms with van der Waals surface area (Å²) >= 11 is 1.67. The summed E-state index contributed by atoms with van der Waals surface area (Å²) in [6.07, 6.45) is 3.64. The van der Waals surface area contributed by atoms with Gasteiger partial charge in [-0.15, -0.1) is 0 Å². The van der Waals surface area contributed by atoms with Gasteiger partial charge in [0, 0.05) is 22.9 Å². The lowest BCUT2D eigenvalue weighted by Gasteiger charge is -2.05. The van der Waals surface area contributed by atoms with Crippen LogP contribution in [0.15, 0.2) is 64.6 Å². The molecule has 2 heterocycles. The van der Waals surface area contributed by atoms with Crippen molar-refractivity contribution in [3.8, 4) is 0 Å². The van der Waals surface area contributed by atoms with Gasteiger partial charge in [0.05, 0.1) is 6.20 Å². The topological polar surface area (TPSA) is 46.4 Å². The monoisotopic (exact) mass is 283 g/mol. The summed E-state index contributed by atoms with van der Waals surface area (Å²) in [7, 11) is 0. The Labute approximate surface area is 120 Å². The van der Waals surface area contributed by atoms with Crippen molar-refractivity contribution in [3.63, 3.8) is 0 Å². The third kappa shape index (κ3) is 2.67. The second-order valence-corrected chi connectivity index (χ2v) is 5.48. The van der Waals surface area contributed by atoms with Crippen molar-refractivity contribution >= 4 is 29.1 Å². The molecule has 0 fully saturated rings. The van der Waals surface area contributed by atoms with Crippen LogP contribution in [-0.4, -0.2) is 15.3 Å². The highest BCUT2D eigenvalue weighted by molar-refractivity contribution is 7.99. The molecule has 3 rings (SSSR count). The lowest BCUT2D eigenvalue weighted by Crippen LogP contribution is -2.07. The molecule has 20 heavy (non-hydrogen) atoms. The van der Waals surface area contributed by atoms with E-state index in [-0.39, 0.29) is 5.91 Å². The number of rotatable bonds is 3. The zero-order valence-electron chi connectivity index (χ0n) is 10.9. The van der Waals surface area contributed by atoms with Crippen LogP contribution < -0.4 is 5.32 Å². The lowest BCUT2D eigenvalue weighted by molar-refractivity contribution is -0.114. The molecule has 0 bridgehead atoms. The van der Waals surface area contributed by atoms with Crippen LogP contribution in [0.1, 0.15) is 6.92 Å². The quantitative estimate of drug-likeness (QED) is 0.801. The molecule has 1 aromatic carbocycles. The number of fused-ring (bicyclic) bond motifs is 1. The van der Waals surface area contributed by atoms with E-state index in [4.69, 9.17) is 0 Å². The van der Waals surface area contributed by atoms with Crippen LogP contribution in [0, 0.1) is 0 Å². The molecule has 0 spiro atoms. The van der Waals surface area contributed by atoms with Crippen LogP contribution >= 0.6 is 11.8 Å². The number of aromatic nitrogens is 2. The van der Waals surface area contributed by atoms with Gasteiger partial charge in [-0.3, -0.25) is 9.20 Å². The van der Waals surface area contributed by atoms with Crippen molar-refractivity contribution in [2.75, 3.05) is 5.32 Å². The molecular weight excluding hydrogens is 270 g/mol. The van der Waals surface area contributed by atoms with Crippen LogP contribution in [0.3, 0.4) is 0 Å². The fourth-order valence-electron chi connectivity index (χ4n) is 1.92. The molecule has 1 N–H and O–H groups in total. The number of carbonyl (C=O) groups excluding carboxylic acids is 1. The van der Waals surface area contributed by atoms with E-state index in [1.165, 1.54) is 11.8 Å². The molecular formula is C15H13N3OS. The fourth-order valence-corrected chi connectivity index (χ4v) is 2.78. The summed E-state index contributed by atoms with van der Waals surface area (Å²) in [6.45, 7) is 1.49. The predicted octanol–water partition coefficient (Wildman–Crippen LogP) is 3.44. The van der Waals surface area contributed by atoms with Crippen LogP contribution in [0.5, 0.6) is 0 Å². The number of amides is 1. The smallest absolute Gasteiger partial charge is 0.222 e. The Morgan fingerprint density at radius 1 is 1.15 bits per heavy atom. The van der Waals surface area contributed by atoms with Crippen molar-refractivity contribution in [2.45, 2.75) is 16.7 Å². The molecule has 0 saturated carbocycles. The standard InChI is InChI=1S/C15H13N3OS/c1-11(19)17-15-9-16-14-8-7-13(10-18(14)15)20-12-5-3-2-4-6-12/h2-10H,1H3,(H,17,19). The minimum Gasteiger partial charge on any atom is -0.311 e. The maximum absolute atomic E-state index is 11.2. The summed E-state index contributed by atoms with van der Waals surface area (Å²) < 4.78 is 1.88. The molecule has 0 aliphatic carbocycles. The van der Waals surface area contributed by atoms with Crippen LogP contribution in [0.4, 0.5) is 5.82 Å². The number of hydrogen-bond acceptors (Lipinski definition) is 3. The molecule has 0 aliphatic rings. The first kappa shape index (κ1) is 12.7. The van der Waals surface area contributed by atoms with E-state index in [1.807, 2.05) is 40.9 Å². The van der Waals surface area contributed by atoms with Crippen molar-refractivity contribution in [1.82, 2.24) is 9.38 Å². The lowest BCUT2D eigenvalue weighted by atomic mass is 10.4. The summed E-state index contributed by atoms with van der Waals surface area (Å²) in [5.41, 5.74) is 0.811. The largest absolute Gasteiger partial charge is 0.311 e. The van der Waals surface area contributed by atoms with E-state index < -0.39 is 0 Å². The highest BCUT2D eigenvalue weighted by Crippen LogP contribution is 2.28.